The van der Waals surface area contributed by atoms with Gasteiger partial charge in [0.2, 0.25) is 0 Å². The van der Waals surface area contributed by atoms with Crippen molar-refractivity contribution in [2.45, 2.75) is 11.6 Å². The molecule has 1 spiro atoms. The zero-order valence-corrected chi connectivity index (χ0v) is 34.7. The van der Waals surface area contributed by atoms with Crippen molar-refractivity contribution >= 4 is 17.2 Å². The van der Waals surface area contributed by atoms with Crippen molar-refractivity contribution in [1.29, 1.82) is 0 Å². The van der Waals surface area contributed by atoms with Crippen molar-refractivity contribution in [1.82, 2.24) is 10.3 Å². The number of pyridine rings is 1. The summed E-state index contributed by atoms with van der Waals surface area (Å²) in [6.45, 7) is 4.61. The second-order valence-electron chi connectivity index (χ2n) is 16.8. The first-order chi connectivity index (χ1) is 31.6. The molecule has 5 heteroatoms. The normalized spacial score (nSPS) is 15.6. The predicted molar refractivity (Wildman–Crippen MR) is 258 cm³/mol. The lowest BCUT2D eigenvalue weighted by molar-refractivity contribution is 0.436. The molecule has 2 aliphatic heterocycles. The molecular formula is C59H38N4O. The monoisotopic (exact) mass is 818 g/mol. The Kier molecular flexibility index (Phi) is 7.97. The standard InChI is InChI=1S/C59H38N4O/c1-36-43-30-28-41(42-29-31-45-44-18-8-9-19-49(44)59(52(45)33-42)50-20-10-12-22-53(50)64-54-23-13-11-21-51(54)59)32-46(43)55-47(36)34-60-35-48(55)58-62-56(39-16-6-3-7-17-39)61-57(63-58)40-26-24-38(25-27-40)37-14-4-2-5-15-37/h2-35,56H,1H2,(H,61,62,63). The smallest absolute Gasteiger partial charge is 0.161 e. The molecule has 2 aliphatic carbocycles. The van der Waals surface area contributed by atoms with Gasteiger partial charge >= 0.3 is 0 Å². The summed E-state index contributed by atoms with van der Waals surface area (Å²) in [5, 5.41) is 3.65. The molecule has 1 unspecified atom stereocenters. The van der Waals surface area contributed by atoms with E-state index in [0.29, 0.717) is 5.84 Å². The Morgan fingerprint density at radius 1 is 0.453 bits per heavy atom. The van der Waals surface area contributed by atoms with E-state index in [9.17, 15) is 0 Å². The summed E-state index contributed by atoms with van der Waals surface area (Å²) in [7, 11) is 0. The molecule has 300 valence electrons. The third-order valence-electron chi connectivity index (χ3n) is 13.4. The number of aromatic nitrogens is 1. The van der Waals surface area contributed by atoms with E-state index in [-0.39, 0.29) is 6.17 Å². The Labute approximate surface area is 371 Å². The second kappa shape index (κ2) is 14.1. The molecule has 13 rings (SSSR count). The molecule has 1 aromatic heterocycles. The number of hydrogen-bond donors (Lipinski definition) is 1. The van der Waals surface area contributed by atoms with Gasteiger partial charge in [-0.25, -0.2) is 9.98 Å². The number of para-hydroxylation sites is 2. The van der Waals surface area contributed by atoms with Crippen molar-refractivity contribution in [3.63, 3.8) is 0 Å². The van der Waals surface area contributed by atoms with Crippen LogP contribution in [-0.2, 0) is 5.41 Å². The van der Waals surface area contributed by atoms with Crippen LogP contribution in [0.1, 0.15) is 56.2 Å². The predicted octanol–water partition coefficient (Wildman–Crippen LogP) is 13.4. The van der Waals surface area contributed by atoms with Crippen LogP contribution in [0, 0.1) is 0 Å². The highest BCUT2D eigenvalue weighted by Gasteiger charge is 2.51. The lowest BCUT2D eigenvalue weighted by Crippen LogP contribution is -2.33. The van der Waals surface area contributed by atoms with E-state index in [2.05, 4.69) is 194 Å². The number of ether oxygens (including phenoxy) is 1. The Hall–Kier alpha value is -8.41. The van der Waals surface area contributed by atoms with Gasteiger partial charge in [-0.1, -0.05) is 176 Å². The first kappa shape index (κ1) is 36.3. The maximum atomic E-state index is 6.61. The van der Waals surface area contributed by atoms with Gasteiger partial charge in [0, 0.05) is 45.8 Å². The van der Waals surface area contributed by atoms with Crippen LogP contribution in [-0.4, -0.2) is 16.7 Å². The molecule has 9 aromatic rings. The zero-order valence-electron chi connectivity index (χ0n) is 34.7. The van der Waals surface area contributed by atoms with Gasteiger partial charge in [0.25, 0.3) is 0 Å². The Balaban J connectivity index is 0.955. The van der Waals surface area contributed by atoms with E-state index in [4.69, 9.17) is 19.7 Å². The van der Waals surface area contributed by atoms with E-state index >= 15 is 0 Å². The lowest BCUT2D eigenvalue weighted by atomic mass is 9.66. The number of nitrogens with one attached hydrogen (secondary N) is 1. The molecule has 64 heavy (non-hydrogen) atoms. The van der Waals surface area contributed by atoms with E-state index < -0.39 is 5.41 Å². The molecule has 5 nitrogen and oxygen atoms in total. The number of fused-ring (bicyclic) bond motifs is 12. The van der Waals surface area contributed by atoms with Gasteiger partial charge in [-0.15, -0.1) is 0 Å². The van der Waals surface area contributed by atoms with Gasteiger partial charge in [0.1, 0.15) is 23.5 Å². The largest absolute Gasteiger partial charge is 0.457 e. The van der Waals surface area contributed by atoms with Crippen LogP contribution >= 0.6 is 0 Å². The van der Waals surface area contributed by atoms with Crippen molar-refractivity contribution < 1.29 is 4.74 Å². The minimum atomic E-state index is -0.552. The molecule has 0 radical (unpaired) electrons. The number of aliphatic imine (C=N–C) groups is 2. The van der Waals surface area contributed by atoms with E-state index in [0.717, 1.165) is 89.7 Å². The molecule has 1 atom stereocenters. The van der Waals surface area contributed by atoms with Crippen LogP contribution in [0.4, 0.5) is 0 Å². The Morgan fingerprint density at radius 2 is 1.02 bits per heavy atom. The fraction of sp³-hybridized carbons (Fsp3) is 0.0339. The first-order valence-electron chi connectivity index (χ1n) is 21.7. The molecule has 3 heterocycles. The fourth-order valence-electron chi connectivity index (χ4n) is 10.5. The molecule has 8 aromatic carbocycles. The molecule has 0 saturated carbocycles. The summed E-state index contributed by atoms with van der Waals surface area (Å²) >= 11 is 0. The minimum absolute atomic E-state index is 0.355. The summed E-state index contributed by atoms with van der Waals surface area (Å²) < 4.78 is 6.61. The molecule has 1 N–H and O–H groups in total. The van der Waals surface area contributed by atoms with Crippen molar-refractivity contribution in [3.05, 3.63) is 263 Å². The van der Waals surface area contributed by atoms with Gasteiger partial charge < -0.3 is 10.1 Å². The maximum absolute atomic E-state index is 6.61. The van der Waals surface area contributed by atoms with Gasteiger partial charge in [0.05, 0.1) is 5.41 Å². The molecule has 0 bridgehead atoms. The van der Waals surface area contributed by atoms with Gasteiger partial charge in [-0.3, -0.25) is 4.98 Å². The highest BCUT2D eigenvalue weighted by atomic mass is 16.5. The molecule has 0 saturated heterocycles. The highest BCUT2D eigenvalue weighted by Crippen LogP contribution is 2.62. The average molecular weight is 819 g/mol. The number of hydrogen-bond acceptors (Lipinski definition) is 5. The van der Waals surface area contributed by atoms with Crippen LogP contribution in [0.2, 0.25) is 0 Å². The first-order valence-corrected chi connectivity index (χ1v) is 21.7. The van der Waals surface area contributed by atoms with Crippen LogP contribution in [0.15, 0.2) is 223 Å². The second-order valence-corrected chi connectivity index (χ2v) is 16.8. The summed E-state index contributed by atoms with van der Waals surface area (Å²) in [5.74, 6) is 3.15. The topological polar surface area (TPSA) is 58.9 Å². The lowest BCUT2D eigenvalue weighted by Gasteiger charge is -2.39. The quantitative estimate of drug-likeness (QED) is 0.188. The van der Waals surface area contributed by atoms with Gasteiger partial charge in [-0.05, 0) is 91.0 Å². The number of rotatable bonds is 5. The van der Waals surface area contributed by atoms with Crippen molar-refractivity contribution in [2.24, 2.45) is 9.98 Å². The third kappa shape index (κ3) is 5.34. The van der Waals surface area contributed by atoms with Crippen molar-refractivity contribution in [2.75, 3.05) is 0 Å². The molecule has 4 aliphatic rings. The summed E-state index contributed by atoms with van der Waals surface area (Å²) in [6.07, 6.45) is 3.49. The highest BCUT2D eigenvalue weighted by molar-refractivity contribution is 6.18. The minimum Gasteiger partial charge on any atom is -0.457 e. The maximum Gasteiger partial charge on any atom is 0.161 e. The van der Waals surface area contributed by atoms with E-state index in [1.165, 1.54) is 27.8 Å². The van der Waals surface area contributed by atoms with Crippen LogP contribution < -0.4 is 10.1 Å². The number of benzene rings is 8. The Bertz CT molecular complexity index is 3410. The van der Waals surface area contributed by atoms with Crippen molar-refractivity contribution in [3.8, 4) is 56.0 Å². The van der Waals surface area contributed by atoms with Gasteiger partial charge in [0.15, 0.2) is 5.84 Å². The SMILES string of the molecule is C=C1c2ccc(-c3ccc4c(c3)C3(c5ccccc5Oc5ccccc53)c3ccccc3-4)cc2-c2c1cncc2C1=NC(c2ccccc2)NC(c2ccc(-c3ccccc3)cc2)=N1. The van der Waals surface area contributed by atoms with Gasteiger partial charge in [-0.2, -0.15) is 0 Å². The molecule has 0 fully saturated rings. The average Bonchev–Trinajstić information content (AvgIpc) is 3.82. The Morgan fingerprint density at radius 3 is 1.77 bits per heavy atom. The van der Waals surface area contributed by atoms with E-state index in [1.807, 2.05) is 24.5 Å². The fourth-order valence-corrected chi connectivity index (χ4v) is 10.5. The molecular weight excluding hydrogens is 781 g/mol. The van der Waals surface area contributed by atoms with E-state index in [1.54, 1.807) is 0 Å². The van der Waals surface area contributed by atoms with Crippen LogP contribution in [0.3, 0.4) is 0 Å². The number of amidine groups is 2. The third-order valence-corrected chi connectivity index (χ3v) is 13.4. The van der Waals surface area contributed by atoms with Crippen LogP contribution in [0.25, 0.3) is 50.1 Å². The summed E-state index contributed by atoms with van der Waals surface area (Å²) in [6, 6.07) is 69.0. The zero-order chi connectivity index (χ0) is 42.4. The summed E-state index contributed by atoms with van der Waals surface area (Å²) in [5.41, 5.74) is 19.4. The number of nitrogens with zero attached hydrogens (tertiary/aromatic N) is 3. The summed E-state index contributed by atoms with van der Waals surface area (Å²) in [4.78, 5) is 15.4. The van der Waals surface area contributed by atoms with Crippen LogP contribution in [0.5, 0.6) is 11.5 Å². The molecule has 0 amide bonds.